The summed E-state index contributed by atoms with van der Waals surface area (Å²) in [5, 5.41) is 14.0. The molecule has 2 aromatic carbocycles. The first-order chi connectivity index (χ1) is 12.4. The number of amides is 1. The summed E-state index contributed by atoms with van der Waals surface area (Å²) in [6.45, 7) is 0.0667. The largest absolute Gasteiger partial charge is 0.497 e. The number of aryl methyl sites for hydroxylation is 1. The number of rotatable bonds is 5. The predicted molar refractivity (Wildman–Crippen MR) is 98.0 cm³/mol. The average Bonchev–Trinajstić information content (AvgIpc) is 2.63. The van der Waals surface area contributed by atoms with E-state index in [0.717, 1.165) is 29.7 Å². The summed E-state index contributed by atoms with van der Waals surface area (Å²) in [6.07, 6.45) is 2.05. The second-order valence-electron chi connectivity index (χ2n) is 6.56. The molecule has 0 unspecified atom stereocenters. The van der Waals surface area contributed by atoms with Gasteiger partial charge in [-0.15, -0.1) is 0 Å². The molecular weight excluding hydrogens is 357 g/mol. The van der Waals surface area contributed by atoms with Crippen molar-refractivity contribution in [2.75, 3.05) is 13.7 Å². The van der Waals surface area contributed by atoms with Crippen LogP contribution in [0.25, 0.3) is 0 Å². The highest BCUT2D eigenvalue weighted by Gasteiger charge is 2.34. The molecular formula is C20H21ClFNO3. The monoisotopic (exact) mass is 377 g/mol. The minimum atomic E-state index is -1.14. The van der Waals surface area contributed by atoms with Crippen LogP contribution in [0.5, 0.6) is 5.75 Å². The van der Waals surface area contributed by atoms with Crippen molar-refractivity contribution in [3.8, 4) is 5.75 Å². The number of nitrogens with one attached hydrogen (secondary N) is 1. The molecule has 0 aromatic heterocycles. The van der Waals surface area contributed by atoms with Gasteiger partial charge in [0.1, 0.15) is 17.2 Å². The summed E-state index contributed by atoms with van der Waals surface area (Å²) in [6, 6.07) is 9.87. The number of hydrogen-bond donors (Lipinski definition) is 2. The van der Waals surface area contributed by atoms with E-state index >= 15 is 0 Å². The van der Waals surface area contributed by atoms with Gasteiger partial charge in [-0.2, -0.15) is 0 Å². The maximum Gasteiger partial charge on any atom is 0.224 e. The molecule has 26 heavy (non-hydrogen) atoms. The topological polar surface area (TPSA) is 58.6 Å². The zero-order valence-electron chi connectivity index (χ0n) is 14.5. The Morgan fingerprint density at radius 1 is 1.38 bits per heavy atom. The van der Waals surface area contributed by atoms with Crippen LogP contribution in [0.15, 0.2) is 36.4 Å². The second-order valence-corrected chi connectivity index (χ2v) is 6.97. The Balaban J connectivity index is 1.71. The smallest absolute Gasteiger partial charge is 0.224 e. The van der Waals surface area contributed by atoms with Crippen LogP contribution in [0, 0.1) is 5.82 Å². The van der Waals surface area contributed by atoms with E-state index in [-0.39, 0.29) is 29.5 Å². The number of benzene rings is 2. The lowest BCUT2D eigenvalue weighted by Gasteiger charge is -2.35. The highest BCUT2D eigenvalue weighted by molar-refractivity contribution is 6.31. The van der Waals surface area contributed by atoms with Crippen LogP contribution in [0.3, 0.4) is 0 Å². The number of ether oxygens (including phenoxy) is 1. The Hall–Kier alpha value is -2.11. The molecule has 0 heterocycles. The molecule has 0 bridgehead atoms. The van der Waals surface area contributed by atoms with E-state index in [2.05, 4.69) is 5.32 Å². The number of fused-ring (bicyclic) bond motifs is 1. The van der Waals surface area contributed by atoms with Gasteiger partial charge < -0.3 is 15.2 Å². The fourth-order valence-electron chi connectivity index (χ4n) is 3.42. The van der Waals surface area contributed by atoms with Gasteiger partial charge in [0.2, 0.25) is 5.91 Å². The fourth-order valence-corrected chi connectivity index (χ4v) is 3.65. The summed E-state index contributed by atoms with van der Waals surface area (Å²) in [4.78, 5) is 12.2. The van der Waals surface area contributed by atoms with Gasteiger partial charge in [0, 0.05) is 10.6 Å². The number of aliphatic hydroxyl groups is 1. The van der Waals surface area contributed by atoms with E-state index in [0.29, 0.717) is 6.42 Å². The van der Waals surface area contributed by atoms with Crippen molar-refractivity contribution < 1.29 is 19.0 Å². The lowest BCUT2D eigenvalue weighted by atomic mass is 9.79. The normalized spacial score (nSPS) is 18.9. The van der Waals surface area contributed by atoms with E-state index in [4.69, 9.17) is 16.3 Å². The molecule has 6 heteroatoms. The van der Waals surface area contributed by atoms with Crippen molar-refractivity contribution >= 4 is 17.5 Å². The molecule has 0 radical (unpaired) electrons. The van der Waals surface area contributed by atoms with E-state index < -0.39 is 11.4 Å². The van der Waals surface area contributed by atoms with Crippen molar-refractivity contribution in [2.24, 2.45) is 0 Å². The molecule has 1 atom stereocenters. The number of methoxy groups -OCH3 is 1. The zero-order valence-corrected chi connectivity index (χ0v) is 15.3. The second kappa shape index (κ2) is 7.64. The van der Waals surface area contributed by atoms with Crippen LogP contribution in [0.4, 0.5) is 4.39 Å². The Morgan fingerprint density at radius 3 is 2.92 bits per heavy atom. The van der Waals surface area contributed by atoms with Gasteiger partial charge in [-0.1, -0.05) is 23.7 Å². The first-order valence-corrected chi connectivity index (χ1v) is 8.90. The van der Waals surface area contributed by atoms with E-state index in [1.807, 2.05) is 12.1 Å². The lowest BCUT2D eigenvalue weighted by Crippen LogP contribution is -2.43. The van der Waals surface area contributed by atoms with Crippen LogP contribution in [-0.2, 0) is 23.2 Å². The van der Waals surface area contributed by atoms with Crippen LogP contribution < -0.4 is 10.1 Å². The van der Waals surface area contributed by atoms with Crippen LogP contribution in [-0.4, -0.2) is 24.7 Å². The molecule has 1 aliphatic rings. The number of carbonyl (C=O) groups excluding carboxylic acids is 1. The average molecular weight is 378 g/mol. The first-order valence-electron chi connectivity index (χ1n) is 8.52. The fraction of sp³-hybridized carbons (Fsp3) is 0.350. The van der Waals surface area contributed by atoms with E-state index in [9.17, 15) is 14.3 Å². The maximum atomic E-state index is 13.8. The highest BCUT2D eigenvalue weighted by Crippen LogP contribution is 2.36. The van der Waals surface area contributed by atoms with Gasteiger partial charge in [0.15, 0.2) is 0 Å². The minimum Gasteiger partial charge on any atom is -0.497 e. The Kier molecular flexibility index (Phi) is 5.49. The van der Waals surface area contributed by atoms with Crippen LogP contribution in [0.2, 0.25) is 5.02 Å². The Bertz CT molecular complexity index is 806. The number of hydrogen-bond acceptors (Lipinski definition) is 3. The molecule has 0 saturated heterocycles. The quantitative estimate of drug-likeness (QED) is 0.839. The molecule has 1 aliphatic carbocycles. The van der Waals surface area contributed by atoms with Gasteiger partial charge in [-0.3, -0.25) is 4.79 Å². The third-order valence-electron chi connectivity index (χ3n) is 4.83. The summed E-state index contributed by atoms with van der Waals surface area (Å²) >= 11 is 5.96. The van der Waals surface area contributed by atoms with E-state index in [1.54, 1.807) is 19.2 Å². The van der Waals surface area contributed by atoms with Gasteiger partial charge in [-0.25, -0.2) is 4.39 Å². The molecule has 2 aromatic rings. The van der Waals surface area contributed by atoms with Crippen LogP contribution >= 0.6 is 11.6 Å². The molecule has 0 fully saturated rings. The van der Waals surface area contributed by atoms with Crippen LogP contribution in [0.1, 0.15) is 29.5 Å². The summed E-state index contributed by atoms with van der Waals surface area (Å²) in [5.41, 5.74) is 0.833. The number of carbonyl (C=O) groups is 1. The summed E-state index contributed by atoms with van der Waals surface area (Å²) < 4.78 is 19.1. The molecule has 1 amide bonds. The third-order valence-corrected chi connectivity index (χ3v) is 5.18. The molecule has 0 spiro atoms. The van der Waals surface area contributed by atoms with Gasteiger partial charge in [-0.05, 0) is 54.7 Å². The molecule has 3 rings (SSSR count). The molecule has 0 aliphatic heterocycles. The first kappa shape index (κ1) is 18.7. The van der Waals surface area contributed by atoms with Gasteiger partial charge in [0.25, 0.3) is 0 Å². The molecule has 4 nitrogen and oxygen atoms in total. The third kappa shape index (κ3) is 3.84. The SMILES string of the molecule is COc1ccc2c(c1)CCC[C@@]2(O)CNC(=O)Cc1c(F)cccc1Cl. The maximum absolute atomic E-state index is 13.8. The molecule has 2 N–H and O–H groups in total. The van der Waals surface area contributed by atoms with Crippen molar-refractivity contribution in [1.29, 1.82) is 0 Å². The van der Waals surface area contributed by atoms with Crippen molar-refractivity contribution in [3.05, 3.63) is 63.9 Å². The summed E-state index contributed by atoms with van der Waals surface area (Å²) in [5.74, 6) is -0.154. The number of halogens is 2. The van der Waals surface area contributed by atoms with E-state index in [1.165, 1.54) is 12.1 Å². The standard InChI is InChI=1S/C20H21ClFNO3/c1-26-14-7-8-16-13(10-14)4-3-9-20(16,25)12-23-19(24)11-15-17(21)5-2-6-18(15)22/h2,5-8,10,25H,3-4,9,11-12H2,1H3,(H,23,24)/t20-/m1/s1. The minimum absolute atomic E-state index is 0.0667. The van der Waals surface area contributed by atoms with Crippen molar-refractivity contribution in [3.63, 3.8) is 0 Å². The van der Waals surface area contributed by atoms with Gasteiger partial charge in [0.05, 0.1) is 20.1 Å². The van der Waals surface area contributed by atoms with Crippen molar-refractivity contribution in [1.82, 2.24) is 5.32 Å². The van der Waals surface area contributed by atoms with Crippen molar-refractivity contribution in [2.45, 2.75) is 31.3 Å². The lowest BCUT2D eigenvalue weighted by molar-refractivity contribution is -0.122. The highest BCUT2D eigenvalue weighted by atomic mass is 35.5. The molecule has 138 valence electrons. The predicted octanol–water partition coefficient (Wildman–Crippen LogP) is 3.37. The van der Waals surface area contributed by atoms with Gasteiger partial charge >= 0.3 is 0 Å². The molecule has 0 saturated carbocycles. The zero-order chi connectivity index (χ0) is 18.7. The summed E-state index contributed by atoms with van der Waals surface area (Å²) in [7, 11) is 1.60. The Morgan fingerprint density at radius 2 is 2.19 bits per heavy atom. The Labute approximate surface area is 156 Å².